The van der Waals surface area contributed by atoms with Gasteiger partial charge in [0.25, 0.3) is 15.9 Å². The molecule has 4 rings (SSSR count). The van der Waals surface area contributed by atoms with E-state index in [2.05, 4.69) is 31.0 Å². The molecule has 1 aromatic heterocycles. The molecule has 0 unspecified atom stereocenters. The fourth-order valence-electron chi connectivity index (χ4n) is 2.99. The average molecular weight is 593 g/mol. The van der Waals surface area contributed by atoms with Crippen molar-refractivity contribution in [2.45, 2.75) is 4.90 Å². The Bertz CT molecular complexity index is 1480. The van der Waals surface area contributed by atoms with Gasteiger partial charge in [0.2, 0.25) is 0 Å². The van der Waals surface area contributed by atoms with Crippen molar-refractivity contribution in [3.63, 3.8) is 0 Å². The fourth-order valence-corrected chi connectivity index (χ4v) is 4.65. The Labute approximate surface area is 220 Å². The zero-order chi connectivity index (χ0) is 25.0. The number of anilines is 2. The highest BCUT2D eigenvalue weighted by Crippen LogP contribution is 2.30. The number of carbonyl (C=O) groups excluding carboxylic acids is 1. The van der Waals surface area contributed by atoms with Gasteiger partial charge in [-0.25, -0.2) is 13.4 Å². The monoisotopic (exact) mass is 591 g/mol. The summed E-state index contributed by atoms with van der Waals surface area (Å²) in [5.41, 5.74) is 0.539. The minimum absolute atomic E-state index is 0.0255. The number of benzene rings is 3. The van der Waals surface area contributed by atoms with Crippen molar-refractivity contribution < 1.29 is 17.9 Å². The molecule has 178 valence electrons. The Hall–Kier alpha value is -3.11. The summed E-state index contributed by atoms with van der Waals surface area (Å²) in [5.74, 6) is 0.296. The normalized spacial score (nSPS) is 11.1. The Morgan fingerprint density at radius 1 is 0.943 bits per heavy atom. The Morgan fingerprint density at radius 3 is 2.37 bits per heavy atom. The molecule has 0 fully saturated rings. The summed E-state index contributed by atoms with van der Waals surface area (Å²) in [4.78, 5) is 16.9. The van der Waals surface area contributed by atoms with E-state index in [1.54, 1.807) is 36.4 Å². The molecule has 1 amide bonds. The predicted molar refractivity (Wildman–Crippen MR) is 140 cm³/mol. The molecule has 0 atom stereocenters. The van der Waals surface area contributed by atoms with Gasteiger partial charge in [-0.2, -0.15) is 0 Å². The van der Waals surface area contributed by atoms with Crippen molar-refractivity contribution in [2.24, 2.45) is 0 Å². The molecule has 0 bridgehead atoms. The average Bonchev–Trinajstić information content (AvgIpc) is 2.83. The summed E-state index contributed by atoms with van der Waals surface area (Å²) in [5, 5.41) is 3.37. The first-order valence-corrected chi connectivity index (χ1v) is 13.0. The molecule has 35 heavy (non-hydrogen) atoms. The first-order chi connectivity index (χ1) is 16.7. The van der Waals surface area contributed by atoms with Crippen LogP contribution in [0.2, 0.25) is 10.0 Å². The topological polar surface area (TPSA) is 97.4 Å². The largest absolute Gasteiger partial charge is 0.456 e. The maximum Gasteiger partial charge on any atom is 0.261 e. The molecule has 0 aliphatic rings. The third kappa shape index (κ3) is 6.32. The van der Waals surface area contributed by atoms with Crippen molar-refractivity contribution in [3.05, 3.63) is 105 Å². The number of nitrogens with zero attached hydrogens (tertiary/aromatic N) is 1. The smallest absolute Gasteiger partial charge is 0.261 e. The Kier molecular flexibility index (Phi) is 7.61. The van der Waals surface area contributed by atoms with Crippen LogP contribution in [0.4, 0.5) is 11.4 Å². The number of nitrogens with one attached hydrogen (secondary N) is 2. The number of halogens is 3. The highest BCUT2D eigenvalue weighted by atomic mass is 79.9. The molecule has 7 nitrogen and oxygen atoms in total. The van der Waals surface area contributed by atoms with Crippen LogP contribution in [-0.2, 0) is 10.0 Å². The lowest BCUT2D eigenvalue weighted by Gasteiger charge is -2.14. The van der Waals surface area contributed by atoms with Gasteiger partial charge in [0.15, 0.2) is 0 Å². The quantitative estimate of drug-likeness (QED) is 0.225. The minimum Gasteiger partial charge on any atom is -0.456 e. The van der Waals surface area contributed by atoms with E-state index in [-0.39, 0.29) is 21.2 Å². The Balaban J connectivity index is 1.54. The number of carbonyl (C=O) groups is 1. The van der Waals surface area contributed by atoms with E-state index < -0.39 is 15.9 Å². The van der Waals surface area contributed by atoms with E-state index >= 15 is 0 Å². The van der Waals surface area contributed by atoms with Crippen LogP contribution >= 0.6 is 39.1 Å². The molecule has 0 aliphatic carbocycles. The lowest BCUT2D eigenvalue weighted by atomic mass is 10.1. The van der Waals surface area contributed by atoms with Gasteiger partial charge in [0.1, 0.15) is 16.1 Å². The molecule has 0 aliphatic heterocycles. The van der Waals surface area contributed by atoms with Crippen molar-refractivity contribution >= 4 is 66.4 Å². The molecule has 1 heterocycles. The summed E-state index contributed by atoms with van der Waals surface area (Å²) < 4.78 is 34.8. The van der Waals surface area contributed by atoms with Gasteiger partial charge in [-0.05, 0) is 82.7 Å². The van der Waals surface area contributed by atoms with Crippen LogP contribution < -0.4 is 14.8 Å². The fraction of sp³-hybridized carbons (Fsp3) is 0. The number of amides is 1. The second-order valence-corrected chi connectivity index (χ2v) is 10.5. The van der Waals surface area contributed by atoms with Crippen molar-refractivity contribution in [3.8, 4) is 11.5 Å². The van der Waals surface area contributed by atoms with Gasteiger partial charge in [0, 0.05) is 5.02 Å². The number of sulfonamides is 1. The lowest BCUT2D eigenvalue weighted by molar-refractivity contribution is 0.102. The number of para-hydroxylation sites is 1. The molecule has 0 spiro atoms. The highest BCUT2D eigenvalue weighted by Gasteiger charge is 2.20. The van der Waals surface area contributed by atoms with Crippen LogP contribution in [0.3, 0.4) is 0 Å². The van der Waals surface area contributed by atoms with E-state index in [9.17, 15) is 13.2 Å². The summed E-state index contributed by atoms with van der Waals surface area (Å²) in [6.07, 6.45) is 1.46. The van der Waals surface area contributed by atoms with Gasteiger partial charge in [-0.3, -0.25) is 9.52 Å². The number of hydrogen-bond acceptors (Lipinski definition) is 5. The number of hydrogen-bond donors (Lipinski definition) is 2. The number of rotatable bonds is 7. The van der Waals surface area contributed by atoms with Crippen LogP contribution in [0.1, 0.15) is 10.4 Å². The molecule has 3 aromatic carbocycles. The summed E-state index contributed by atoms with van der Waals surface area (Å²) in [6.45, 7) is 0. The standard InChI is InChI=1S/C24H16BrCl2N3O4S/c25-23-12-6-16(14-28-23)29-24(31)19-13-15(26)5-11-21(19)30-35(32,33)18-9-7-17(8-10-18)34-22-4-2-1-3-20(22)27/h1-14,30H,(H,29,31). The first kappa shape index (κ1) is 25.0. The minimum atomic E-state index is -4.03. The van der Waals surface area contributed by atoms with E-state index in [1.807, 2.05) is 0 Å². The van der Waals surface area contributed by atoms with Crippen molar-refractivity contribution in [1.82, 2.24) is 4.98 Å². The predicted octanol–water partition coefficient (Wildman–Crippen LogP) is 7.00. The van der Waals surface area contributed by atoms with E-state index in [4.69, 9.17) is 27.9 Å². The molecule has 0 radical (unpaired) electrons. The zero-order valence-corrected chi connectivity index (χ0v) is 21.6. The van der Waals surface area contributed by atoms with Gasteiger partial charge in [-0.1, -0.05) is 35.3 Å². The summed E-state index contributed by atoms with van der Waals surface area (Å²) >= 11 is 15.4. The third-order valence-electron chi connectivity index (χ3n) is 4.65. The van der Waals surface area contributed by atoms with Crippen LogP contribution in [0, 0.1) is 0 Å². The lowest BCUT2D eigenvalue weighted by Crippen LogP contribution is -2.18. The zero-order valence-electron chi connectivity index (χ0n) is 17.7. The molecular formula is C24H16BrCl2N3O4S. The Morgan fingerprint density at radius 2 is 1.69 bits per heavy atom. The van der Waals surface area contributed by atoms with Crippen LogP contribution in [-0.4, -0.2) is 19.3 Å². The van der Waals surface area contributed by atoms with Crippen molar-refractivity contribution in [1.29, 1.82) is 0 Å². The first-order valence-electron chi connectivity index (χ1n) is 9.99. The maximum absolute atomic E-state index is 13.0. The maximum atomic E-state index is 13.0. The number of aromatic nitrogens is 1. The van der Waals surface area contributed by atoms with Crippen LogP contribution in [0.25, 0.3) is 0 Å². The van der Waals surface area contributed by atoms with E-state index in [1.165, 1.54) is 48.7 Å². The SMILES string of the molecule is O=C(Nc1ccc(Br)nc1)c1cc(Cl)ccc1NS(=O)(=O)c1ccc(Oc2ccccc2Cl)cc1. The van der Waals surface area contributed by atoms with Gasteiger partial charge >= 0.3 is 0 Å². The number of ether oxygens (including phenoxy) is 1. The molecule has 0 saturated heterocycles. The van der Waals surface area contributed by atoms with E-state index in [0.717, 1.165) is 0 Å². The molecule has 4 aromatic rings. The third-order valence-corrected chi connectivity index (χ3v) is 7.05. The van der Waals surface area contributed by atoms with Gasteiger partial charge < -0.3 is 10.1 Å². The second kappa shape index (κ2) is 10.7. The number of pyridine rings is 1. The molecule has 0 saturated carbocycles. The summed E-state index contributed by atoms with van der Waals surface area (Å²) in [7, 11) is -4.03. The van der Waals surface area contributed by atoms with Crippen molar-refractivity contribution in [2.75, 3.05) is 10.0 Å². The van der Waals surface area contributed by atoms with Crippen LogP contribution in [0.15, 0.2) is 94.6 Å². The molecular weight excluding hydrogens is 577 g/mol. The van der Waals surface area contributed by atoms with Gasteiger partial charge in [-0.15, -0.1) is 0 Å². The second-order valence-electron chi connectivity index (χ2n) is 7.12. The highest BCUT2D eigenvalue weighted by molar-refractivity contribution is 9.10. The molecule has 2 N–H and O–H groups in total. The van der Waals surface area contributed by atoms with Gasteiger partial charge in [0.05, 0.1) is 33.1 Å². The van der Waals surface area contributed by atoms with Crippen LogP contribution in [0.5, 0.6) is 11.5 Å². The van der Waals surface area contributed by atoms with E-state index in [0.29, 0.717) is 26.8 Å². The summed E-state index contributed by atoms with van der Waals surface area (Å²) in [6, 6.07) is 20.3. The molecule has 11 heteroatoms.